The molecule has 1 heterocycles. The number of rotatable bonds is 1. The lowest BCUT2D eigenvalue weighted by molar-refractivity contribution is 1.32. The van der Waals surface area contributed by atoms with E-state index < -0.39 is 0 Å². The van der Waals surface area contributed by atoms with Crippen molar-refractivity contribution in [1.82, 2.24) is 0 Å². The first kappa shape index (κ1) is 5.33. The predicted molar refractivity (Wildman–Crippen MR) is 32.5 cm³/mol. The van der Waals surface area contributed by atoms with Crippen LogP contribution >= 0.6 is 11.3 Å². The first-order chi connectivity index (χ1) is 3.93. The first-order valence-electron chi connectivity index (χ1n) is 2.25. The van der Waals surface area contributed by atoms with Crippen LogP contribution in [0.15, 0.2) is 12.1 Å². The number of nitriles is 1. The molecule has 0 unspecified atom stereocenters. The van der Waals surface area contributed by atoms with Crippen LogP contribution < -0.4 is 0 Å². The van der Waals surface area contributed by atoms with Crippen molar-refractivity contribution in [1.29, 1.82) is 5.26 Å². The number of hydrogen-bond donors (Lipinski definition) is 0. The zero-order chi connectivity index (χ0) is 5.82. The second-order valence-corrected chi connectivity index (χ2v) is 2.32. The Kier molecular flexibility index (Phi) is 1.66. The van der Waals surface area contributed by atoms with Crippen LogP contribution in [0.5, 0.6) is 0 Å². The average molecular weight is 122 g/mol. The highest BCUT2D eigenvalue weighted by atomic mass is 32.1. The van der Waals surface area contributed by atoms with Crippen LogP contribution in [0, 0.1) is 16.7 Å². The van der Waals surface area contributed by atoms with Gasteiger partial charge in [0.15, 0.2) is 0 Å². The van der Waals surface area contributed by atoms with Crippen molar-refractivity contribution in [2.75, 3.05) is 0 Å². The lowest BCUT2D eigenvalue weighted by Gasteiger charge is -1.76. The molecule has 1 rings (SSSR count). The summed E-state index contributed by atoms with van der Waals surface area (Å²) in [4.78, 5) is 1.09. The van der Waals surface area contributed by atoms with E-state index >= 15 is 0 Å². The lowest BCUT2D eigenvalue weighted by Crippen LogP contribution is -1.67. The van der Waals surface area contributed by atoms with E-state index in [0.717, 1.165) is 4.88 Å². The topological polar surface area (TPSA) is 23.8 Å². The molecule has 0 spiro atoms. The Balaban J connectivity index is 2.67. The van der Waals surface area contributed by atoms with Gasteiger partial charge in [-0.3, -0.25) is 0 Å². The Hall–Kier alpha value is -0.810. The molecule has 1 radical (unpaired) electrons. The van der Waals surface area contributed by atoms with Gasteiger partial charge in [0.05, 0.1) is 12.5 Å². The summed E-state index contributed by atoms with van der Waals surface area (Å²) < 4.78 is 0. The minimum absolute atomic E-state index is 0.522. The summed E-state index contributed by atoms with van der Waals surface area (Å²) in [7, 11) is 0. The second kappa shape index (κ2) is 2.49. The summed E-state index contributed by atoms with van der Waals surface area (Å²) in [6, 6.07) is 5.80. The predicted octanol–water partition coefficient (Wildman–Crippen LogP) is 1.61. The van der Waals surface area contributed by atoms with Gasteiger partial charge in [0, 0.05) is 10.3 Å². The maximum absolute atomic E-state index is 8.18. The molecule has 1 aromatic heterocycles. The molecule has 0 aliphatic carbocycles. The quantitative estimate of drug-likeness (QED) is 0.555. The van der Waals surface area contributed by atoms with E-state index in [9.17, 15) is 0 Å². The smallest absolute Gasteiger partial charge is 0.0695 e. The zero-order valence-corrected chi connectivity index (χ0v) is 5.03. The Morgan fingerprint density at radius 2 is 2.75 bits per heavy atom. The Bertz CT molecular complexity index is 183. The fourth-order valence-corrected chi connectivity index (χ4v) is 1.00. The molecule has 0 fully saturated rings. The Morgan fingerprint density at radius 1 is 1.88 bits per heavy atom. The highest BCUT2D eigenvalue weighted by molar-refractivity contribution is 7.09. The van der Waals surface area contributed by atoms with Gasteiger partial charge >= 0.3 is 0 Å². The van der Waals surface area contributed by atoms with Crippen molar-refractivity contribution in [2.45, 2.75) is 6.42 Å². The number of nitrogens with zero attached hydrogens (tertiary/aromatic N) is 1. The van der Waals surface area contributed by atoms with Gasteiger partial charge in [0.1, 0.15) is 0 Å². The van der Waals surface area contributed by atoms with Gasteiger partial charge in [-0.2, -0.15) is 5.26 Å². The normalized spacial score (nSPS) is 8.38. The van der Waals surface area contributed by atoms with E-state index in [4.69, 9.17) is 5.26 Å². The molecule has 1 nitrogen and oxygen atoms in total. The molecule has 0 saturated heterocycles. The van der Waals surface area contributed by atoms with Crippen molar-refractivity contribution in [3.05, 3.63) is 22.4 Å². The standard InChI is InChI=1S/C6H4NS/c7-4-3-6-2-1-5-8-6/h1-2H,3H2. The monoisotopic (exact) mass is 122 g/mol. The third kappa shape index (κ3) is 1.08. The first-order valence-corrected chi connectivity index (χ1v) is 3.07. The minimum atomic E-state index is 0.522. The van der Waals surface area contributed by atoms with Gasteiger partial charge < -0.3 is 0 Å². The third-order valence-electron chi connectivity index (χ3n) is 0.781. The minimum Gasteiger partial charge on any atom is -0.198 e. The van der Waals surface area contributed by atoms with E-state index in [1.54, 1.807) is 0 Å². The molecule has 0 bridgehead atoms. The molecule has 2 heteroatoms. The SMILES string of the molecule is N#CCc1cc[c]s1. The highest BCUT2D eigenvalue weighted by Crippen LogP contribution is 2.06. The summed E-state index contributed by atoms with van der Waals surface area (Å²) in [5, 5.41) is 11.1. The van der Waals surface area contributed by atoms with Gasteiger partial charge in [0.2, 0.25) is 0 Å². The van der Waals surface area contributed by atoms with Gasteiger partial charge in [-0.1, -0.05) is 0 Å². The largest absolute Gasteiger partial charge is 0.198 e. The summed E-state index contributed by atoms with van der Waals surface area (Å²) >= 11 is 1.50. The molecule has 0 atom stereocenters. The molecule has 0 aromatic carbocycles. The van der Waals surface area contributed by atoms with Crippen LogP contribution in [-0.4, -0.2) is 0 Å². The molecule has 39 valence electrons. The van der Waals surface area contributed by atoms with Crippen molar-refractivity contribution in [3.63, 3.8) is 0 Å². The summed E-state index contributed by atoms with van der Waals surface area (Å²) in [5.41, 5.74) is 0. The van der Waals surface area contributed by atoms with E-state index in [2.05, 4.69) is 11.4 Å². The van der Waals surface area contributed by atoms with Crippen LogP contribution in [0.1, 0.15) is 4.88 Å². The third-order valence-corrected chi connectivity index (χ3v) is 1.58. The molecular weight excluding hydrogens is 118 g/mol. The fraction of sp³-hybridized carbons (Fsp3) is 0.167. The van der Waals surface area contributed by atoms with Gasteiger partial charge in [-0.05, 0) is 12.1 Å². The van der Waals surface area contributed by atoms with E-state index in [1.165, 1.54) is 11.3 Å². The molecule has 8 heavy (non-hydrogen) atoms. The molecular formula is C6H4NS. The Labute approximate surface area is 52.2 Å². The van der Waals surface area contributed by atoms with Gasteiger partial charge in [-0.25, -0.2) is 0 Å². The van der Waals surface area contributed by atoms with Crippen molar-refractivity contribution < 1.29 is 0 Å². The maximum atomic E-state index is 8.18. The Morgan fingerprint density at radius 3 is 3.25 bits per heavy atom. The van der Waals surface area contributed by atoms with Crippen molar-refractivity contribution >= 4 is 11.3 Å². The van der Waals surface area contributed by atoms with Gasteiger partial charge in [-0.15, -0.1) is 11.3 Å². The van der Waals surface area contributed by atoms with Crippen molar-refractivity contribution in [2.24, 2.45) is 0 Å². The van der Waals surface area contributed by atoms with Crippen LogP contribution in [0.25, 0.3) is 0 Å². The number of thiophene rings is 1. The molecule has 1 aromatic rings. The lowest BCUT2D eigenvalue weighted by atomic mass is 10.4. The fourth-order valence-electron chi connectivity index (χ4n) is 0.444. The average Bonchev–Trinajstić information content (AvgIpc) is 2.19. The maximum Gasteiger partial charge on any atom is 0.0695 e. The van der Waals surface area contributed by atoms with E-state index in [-0.39, 0.29) is 0 Å². The summed E-state index contributed by atoms with van der Waals surface area (Å²) in [6.45, 7) is 0. The summed E-state index contributed by atoms with van der Waals surface area (Å²) in [6.07, 6.45) is 0.522. The molecule has 0 amide bonds. The van der Waals surface area contributed by atoms with Crippen LogP contribution in [0.3, 0.4) is 0 Å². The van der Waals surface area contributed by atoms with Crippen molar-refractivity contribution in [3.8, 4) is 6.07 Å². The summed E-state index contributed by atoms with van der Waals surface area (Å²) in [5.74, 6) is 0. The molecule has 0 aliphatic heterocycles. The van der Waals surface area contributed by atoms with E-state index in [0.29, 0.717) is 6.42 Å². The van der Waals surface area contributed by atoms with E-state index in [1.807, 2.05) is 12.1 Å². The number of hydrogen-bond acceptors (Lipinski definition) is 2. The molecule has 0 aliphatic rings. The zero-order valence-electron chi connectivity index (χ0n) is 4.22. The highest BCUT2D eigenvalue weighted by Gasteiger charge is 1.87. The van der Waals surface area contributed by atoms with Crippen LogP contribution in [-0.2, 0) is 6.42 Å². The van der Waals surface area contributed by atoms with Crippen LogP contribution in [0.2, 0.25) is 0 Å². The van der Waals surface area contributed by atoms with Gasteiger partial charge in [0.25, 0.3) is 0 Å². The molecule has 0 N–H and O–H groups in total. The molecule has 0 saturated carbocycles. The van der Waals surface area contributed by atoms with Crippen LogP contribution in [0.4, 0.5) is 0 Å². The second-order valence-electron chi connectivity index (χ2n) is 1.35.